The highest BCUT2D eigenvalue weighted by Crippen LogP contribution is 2.51. The highest BCUT2D eigenvalue weighted by molar-refractivity contribution is 6.15. The molecule has 3 aliphatic rings. The number of piperazine rings is 1. The van der Waals surface area contributed by atoms with Gasteiger partial charge in [-0.2, -0.15) is 0 Å². The van der Waals surface area contributed by atoms with Crippen molar-refractivity contribution in [3.63, 3.8) is 0 Å². The molecule has 1 atom stereocenters. The van der Waals surface area contributed by atoms with Crippen molar-refractivity contribution < 1.29 is 9.59 Å². The van der Waals surface area contributed by atoms with Gasteiger partial charge in [0.1, 0.15) is 5.41 Å². The molecular weight excluding hydrogens is 362 g/mol. The van der Waals surface area contributed by atoms with Crippen LogP contribution in [0.15, 0.2) is 54.6 Å². The van der Waals surface area contributed by atoms with Crippen LogP contribution in [0.3, 0.4) is 0 Å². The van der Waals surface area contributed by atoms with Crippen molar-refractivity contribution in [2.24, 2.45) is 5.41 Å². The van der Waals surface area contributed by atoms with Crippen molar-refractivity contribution in [1.82, 2.24) is 4.90 Å². The summed E-state index contributed by atoms with van der Waals surface area (Å²) >= 11 is 0. The van der Waals surface area contributed by atoms with E-state index in [4.69, 9.17) is 0 Å². The van der Waals surface area contributed by atoms with Crippen LogP contribution in [0.2, 0.25) is 0 Å². The Bertz CT molecular complexity index is 930. The van der Waals surface area contributed by atoms with Gasteiger partial charge in [-0.25, -0.2) is 0 Å². The molecule has 0 aromatic heterocycles. The lowest BCUT2D eigenvalue weighted by Gasteiger charge is -2.38. The van der Waals surface area contributed by atoms with Gasteiger partial charge < -0.3 is 14.7 Å². The normalized spacial score (nSPS) is 22.4. The fraction of sp³-hybridized carbons (Fsp3) is 0.417. The van der Waals surface area contributed by atoms with E-state index in [0.717, 1.165) is 25.2 Å². The largest absolute Gasteiger partial charge is 0.368 e. The lowest BCUT2D eigenvalue weighted by Crippen LogP contribution is -2.54. The highest BCUT2D eigenvalue weighted by atomic mass is 16.2. The van der Waals surface area contributed by atoms with E-state index in [1.54, 1.807) is 0 Å². The second-order valence-electron chi connectivity index (χ2n) is 8.55. The van der Waals surface area contributed by atoms with Gasteiger partial charge in [-0.3, -0.25) is 9.59 Å². The molecule has 0 N–H and O–H groups in total. The minimum Gasteiger partial charge on any atom is -0.368 e. The van der Waals surface area contributed by atoms with E-state index < -0.39 is 5.41 Å². The van der Waals surface area contributed by atoms with Crippen molar-refractivity contribution in [1.29, 1.82) is 0 Å². The number of nitrogens with zero attached hydrogens (tertiary/aromatic N) is 3. The van der Waals surface area contributed by atoms with Gasteiger partial charge in [0.2, 0.25) is 11.8 Å². The number of fused-ring (bicyclic) bond motifs is 1. The molecule has 29 heavy (non-hydrogen) atoms. The van der Waals surface area contributed by atoms with Crippen LogP contribution in [0.5, 0.6) is 0 Å². The molecule has 150 valence electrons. The molecule has 1 unspecified atom stereocenters. The molecule has 5 heteroatoms. The molecule has 1 aliphatic carbocycles. The summed E-state index contributed by atoms with van der Waals surface area (Å²) in [5, 5.41) is 0. The number of para-hydroxylation sites is 2. The average Bonchev–Trinajstić information content (AvgIpc) is 3.51. The molecule has 2 aromatic rings. The monoisotopic (exact) mass is 389 g/mol. The van der Waals surface area contributed by atoms with Crippen molar-refractivity contribution in [3.05, 3.63) is 60.2 Å². The highest BCUT2D eigenvalue weighted by Gasteiger charge is 2.60. The molecule has 5 rings (SSSR count). The predicted molar refractivity (Wildman–Crippen MR) is 114 cm³/mol. The number of hydrogen-bond acceptors (Lipinski definition) is 3. The maximum absolute atomic E-state index is 13.5. The second kappa shape index (κ2) is 6.90. The first kappa shape index (κ1) is 18.2. The summed E-state index contributed by atoms with van der Waals surface area (Å²) in [5.41, 5.74) is 2.55. The molecule has 0 bridgehead atoms. The van der Waals surface area contributed by atoms with Crippen LogP contribution in [0, 0.1) is 5.41 Å². The summed E-state index contributed by atoms with van der Waals surface area (Å²) in [6.07, 6.45) is 2.21. The third kappa shape index (κ3) is 3.00. The Morgan fingerprint density at radius 1 is 0.862 bits per heavy atom. The number of anilines is 2. The number of carbonyl (C=O) groups excluding carboxylic acids is 2. The molecule has 2 aliphatic heterocycles. The van der Waals surface area contributed by atoms with Gasteiger partial charge in [0.15, 0.2) is 0 Å². The molecule has 2 aromatic carbocycles. The summed E-state index contributed by atoms with van der Waals surface area (Å²) in [6, 6.07) is 18.5. The van der Waals surface area contributed by atoms with Crippen LogP contribution in [0.4, 0.5) is 11.4 Å². The molecule has 2 amide bonds. The number of carbonyl (C=O) groups is 2. The van der Waals surface area contributed by atoms with Crippen LogP contribution < -0.4 is 9.80 Å². The Labute approximate surface area is 171 Å². The van der Waals surface area contributed by atoms with Gasteiger partial charge in [0, 0.05) is 43.6 Å². The zero-order valence-corrected chi connectivity index (χ0v) is 16.9. The van der Waals surface area contributed by atoms with Gasteiger partial charge >= 0.3 is 0 Å². The van der Waals surface area contributed by atoms with Crippen LogP contribution in [0.25, 0.3) is 0 Å². The van der Waals surface area contributed by atoms with Gasteiger partial charge in [-0.05, 0) is 49.9 Å². The van der Waals surface area contributed by atoms with Gasteiger partial charge in [-0.1, -0.05) is 36.4 Å². The van der Waals surface area contributed by atoms with Gasteiger partial charge in [-0.15, -0.1) is 0 Å². The smallest absolute Gasteiger partial charge is 0.242 e. The summed E-state index contributed by atoms with van der Waals surface area (Å²) in [4.78, 5) is 33.1. The van der Waals surface area contributed by atoms with Crippen molar-refractivity contribution in [2.75, 3.05) is 36.0 Å². The SMILES string of the molecule is CC1Cc2ccccc2N1C(=O)C1(C(=O)N2CCN(c3ccccc3)CC2)CC1. The standard InChI is InChI=1S/C24H27N3O2/c1-18-17-19-7-5-6-10-21(19)27(18)23(29)24(11-12-24)22(28)26-15-13-25(14-16-26)20-8-3-2-4-9-20/h2-10,18H,11-17H2,1H3. The van der Waals surface area contributed by atoms with Gasteiger partial charge in [0.05, 0.1) is 0 Å². The lowest BCUT2D eigenvalue weighted by atomic mass is 10.0. The van der Waals surface area contributed by atoms with E-state index in [9.17, 15) is 9.59 Å². The van der Waals surface area contributed by atoms with E-state index in [0.29, 0.717) is 25.9 Å². The first-order valence-electron chi connectivity index (χ1n) is 10.6. The Morgan fingerprint density at radius 2 is 1.52 bits per heavy atom. The van der Waals surface area contributed by atoms with E-state index in [-0.39, 0.29) is 17.9 Å². The zero-order valence-electron chi connectivity index (χ0n) is 16.9. The quantitative estimate of drug-likeness (QED) is 0.758. The second-order valence-corrected chi connectivity index (χ2v) is 8.55. The molecule has 1 saturated carbocycles. The fourth-order valence-electron chi connectivity index (χ4n) is 4.86. The third-order valence-electron chi connectivity index (χ3n) is 6.68. The maximum Gasteiger partial charge on any atom is 0.242 e. The van der Waals surface area contributed by atoms with Crippen LogP contribution in [-0.4, -0.2) is 48.9 Å². The first-order chi connectivity index (χ1) is 14.1. The summed E-state index contributed by atoms with van der Waals surface area (Å²) in [5.74, 6) is 0.0391. The van der Waals surface area contributed by atoms with E-state index >= 15 is 0 Å². The minimum atomic E-state index is -0.833. The Hall–Kier alpha value is -2.82. The minimum absolute atomic E-state index is 0.00504. The van der Waals surface area contributed by atoms with Crippen molar-refractivity contribution >= 4 is 23.2 Å². The molecule has 1 saturated heterocycles. The number of amides is 2. The molecule has 5 nitrogen and oxygen atoms in total. The first-order valence-corrected chi connectivity index (χ1v) is 10.6. The predicted octanol–water partition coefficient (Wildman–Crippen LogP) is 3.09. The topological polar surface area (TPSA) is 43.9 Å². The molecule has 0 spiro atoms. The third-order valence-corrected chi connectivity index (χ3v) is 6.68. The van der Waals surface area contributed by atoms with E-state index in [2.05, 4.69) is 30.0 Å². The molecule has 2 heterocycles. The van der Waals surface area contributed by atoms with Crippen LogP contribution in [-0.2, 0) is 16.0 Å². The summed E-state index contributed by atoms with van der Waals surface area (Å²) < 4.78 is 0. The van der Waals surface area contributed by atoms with Crippen molar-refractivity contribution in [2.45, 2.75) is 32.2 Å². The van der Waals surface area contributed by atoms with E-state index in [1.807, 2.05) is 46.2 Å². The maximum atomic E-state index is 13.5. The molecule has 2 fully saturated rings. The van der Waals surface area contributed by atoms with E-state index in [1.165, 1.54) is 11.3 Å². The lowest BCUT2D eigenvalue weighted by molar-refractivity contribution is -0.143. The zero-order chi connectivity index (χ0) is 20.0. The summed E-state index contributed by atoms with van der Waals surface area (Å²) in [7, 11) is 0. The van der Waals surface area contributed by atoms with Crippen molar-refractivity contribution in [3.8, 4) is 0 Å². The Morgan fingerprint density at radius 3 is 2.21 bits per heavy atom. The Balaban J connectivity index is 1.30. The Kier molecular flexibility index (Phi) is 4.34. The number of benzene rings is 2. The number of rotatable bonds is 3. The molecule has 0 radical (unpaired) electrons. The fourth-order valence-corrected chi connectivity index (χ4v) is 4.86. The van der Waals surface area contributed by atoms with Crippen LogP contribution in [0.1, 0.15) is 25.3 Å². The molecular formula is C24H27N3O2. The number of hydrogen-bond donors (Lipinski definition) is 0. The average molecular weight is 389 g/mol. The van der Waals surface area contributed by atoms with Crippen LogP contribution >= 0.6 is 0 Å². The summed E-state index contributed by atoms with van der Waals surface area (Å²) in [6.45, 7) is 5.05. The van der Waals surface area contributed by atoms with Gasteiger partial charge in [0.25, 0.3) is 0 Å².